The molecule has 1 saturated carbocycles. The number of morpholine rings is 1. The van der Waals surface area contributed by atoms with Gasteiger partial charge in [0.15, 0.2) is 0 Å². The maximum Gasteiger partial charge on any atom is 0.251 e. The summed E-state index contributed by atoms with van der Waals surface area (Å²) < 4.78 is 18.6. The number of ether oxygens (including phenoxy) is 1. The quantitative estimate of drug-likeness (QED) is 0.756. The van der Waals surface area contributed by atoms with Gasteiger partial charge in [-0.3, -0.25) is 9.59 Å². The summed E-state index contributed by atoms with van der Waals surface area (Å²) >= 11 is 0. The Bertz CT molecular complexity index is 715. The van der Waals surface area contributed by atoms with Gasteiger partial charge >= 0.3 is 0 Å². The van der Waals surface area contributed by atoms with Crippen LogP contribution in [0.3, 0.4) is 0 Å². The maximum absolute atomic E-state index is 13.0. The number of amides is 2. The second-order valence-corrected chi connectivity index (χ2v) is 8.64. The molecule has 2 saturated heterocycles. The largest absolute Gasteiger partial charge is 0.365 e. The van der Waals surface area contributed by atoms with Gasteiger partial charge in [0.1, 0.15) is 12.4 Å². The van der Waals surface area contributed by atoms with Crippen LogP contribution in [0, 0.1) is 17.7 Å². The van der Waals surface area contributed by atoms with E-state index in [2.05, 4.69) is 10.2 Å². The van der Waals surface area contributed by atoms with E-state index in [1.165, 1.54) is 43.7 Å². The zero-order valence-electron chi connectivity index (χ0n) is 16.8. The third-order valence-electron chi connectivity index (χ3n) is 6.21. The number of carbonyl (C=O) groups is 2. The third kappa shape index (κ3) is 5.76. The Morgan fingerprint density at radius 3 is 2.45 bits per heavy atom. The van der Waals surface area contributed by atoms with Crippen molar-refractivity contribution in [3.05, 3.63) is 35.6 Å². The molecule has 1 atom stereocenters. The highest BCUT2D eigenvalue weighted by Crippen LogP contribution is 2.31. The lowest BCUT2D eigenvalue weighted by atomic mass is 9.95. The first-order valence-corrected chi connectivity index (χ1v) is 10.7. The highest BCUT2D eigenvalue weighted by atomic mass is 19.1. The van der Waals surface area contributed by atoms with E-state index >= 15 is 0 Å². The Balaban J connectivity index is 1.21. The monoisotopic (exact) mass is 403 g/mol. The molecular weight excluding hydrogens is 373 g/mol. The van der Waals surface area contributed by atoms with Gasteiger partial charge in [-0.2, -0.15) is 0 Å². The molecule has 29 heavy (non-hydrogen) atoms. The lowest BCUT2D eigenvalue weighted by molar-refractivity contribution is -0.149. The summed E-state index contributed by atoms with van der Waals surface area (Å²) in [5, 5.41) is 2.83. The number of likely N-dealkylation sites (tertiary alicyclic amines) is 1. The number of hydrogen-bond donors (Lipinski definition) is 1. The predicted octanol–water partition coefficient (Wildman–Crippen LogP) is 1.90. The first kappa shape index (κ1) is 20.3. The molecule has 2 heterocycles. The average Bonchev–Trinajstić information content (AvgIpc) is 3.54. The van der Waals surface area contributed by atoms with E-state index < -0.39 is 0 Å². The first-order chi connectivity index (χ1) is 14.1. The molecule has 1 aliphatic carbocycles. The summed E-state index contributed by atoms with van der Waals surface area (Å²) in [6.07, 6.45) is 4.85. The molecule has 0 bridgehead atoms. The number of halogens is 1. The van der Waals surface area contributed by atoms with E-state index in [-0.39, 0.29) is 30.3 Å². The summed E-state index contributed by atoms with van der Waals surface area (Å²) in [6.45, 7) is 5.21. The van der Waals surface area contributed by atoms with E-state index in [9.17, 15) is 14.0 Å². The first-order valence-electron chi connectivity index (χ1n) is 10.7. The van der Waals surface area contributed by atoms with E-state index in [0.29, 0.717) is 24.6 Å². The van der Waals surface area contributed by atoms with Gasteiger partial charge < -0.3 is 19.9 Å². The van der Waals surface area contributed by atoms with Crippen molar-refractivity contribution in [3.63, 3.8) is 0 Å². The van der Waals surface area contributed by atoms with Crippen molar-refractivity contribution >= 4 is 11.8 Å². The Morgan fingerprint density at radius 2 is 1.76 bits per heavy atom. The molecule has 7 heteroatoms. The van der Waals surface area contributed by atoms with Crippen molar-refractivity contribution in [1.82, 2.24) is 15.1 Å². The Morgan fingerprint density at radius 1 is 1.07 bits per heavy atom. The Kier molecular flexibility index (Phi) is 6.45. The summed E-state index contributed by atoms with van der Waals surface area (Å²) in [5.41, 5.74) is 0.410. The normalized spacial score (nSPS) is 24.0. The van der Waals surface area contributed by atoms with Crippen molar-refractivity contribution in [2.75, 3.05) is 45.9 Å². The van der Waals surface area contributed by atoms with E-state index in [4.69, 9.17) is 4.74 Å². The van der Waals surface area contributed by atoms with Gasteiger partial charge in [0.05, 0.1) is 6.10 Å². The second-order valence-electron chi connectivity index (χ2n) is 8.64. The van der Waals surface area contributed by atoms with Gasteiger partial charge in [-0.05, 0) is 74.9 Å². The van der Waals surface area contributed by atoms with Crippen LogP contribution in [-0.4, -0.2) is 73.6 Å². The van der Waals surface area contributed by atoms with Crippen LogP contribution in [-0.2, 0) is 9.53 Å². The van der Waals surface area contributed by atoms with Crippen LogP contribution in [0.4, 0.5) is 4.39 Å². The van der Waals surface area contributed by atoms with Crippen molar-refractivity contribution in [2.45, 2.75) is 31.8 Å². The molecule has 3 aliphatic rings. The maximum atomic E-state index is 13.0. The van der Waals surface area contributed by atoms with Crippen molar-refractivity contribution in [1.29, 1.82) is 0 Å². The molecular formula is C22H30FN3O3. The van der Waals surface area contributed by atoms with Crippen molar-refractivity contribution in [2.24, 2.45) is 11.8 Å². The Hall–Kier alpha value is -1.99. The minimum Gasteiger partial charge on any atom is -0.365 e. The zero-order valence-corrected chi connectivity index (χ0v) is 16.8. The molecule has 1 aromatic rings. The lowest BCUT2D eigenvalue weighted by Crippen LogP contribution is -2.52. The molecule has 0 spiro atoms. The minimum absolute atomic E-state index is 0.0338. The van der Waals surface area contributed by atoms with Gasteiger partial charge in [-0.25, -0.2) is 4.39 Å². The fourth-order valence-corrected chi connectivity index (χ4v) is 4.22. The fraction of sp³-hybridized carbons (Fsp3) is 0.636. The van der Waals surface area contributed by atoms with Crippen LogP contribution >= 0.6 is 0 Å². The molecule has 1 N–H and O–H groups in total. The molecule has 2 aliphatic heterocycles. The SMILES string of the molecule is O=C(NC[C@@H]1CN(CC2CCN(CC3CC3)CC2)C(=O)CO1)c1ccc(F)cc1. The zero-order chi connectivity index (χ0) is 20.2. The smallest absolute Gasteiger partial charge is 0.251 e. The highest BCUT2D eigenvalue weighted by molar-refractivity contribution is 5.94. The molecule has 2 amide bonds. The molecule has 3 fully saturated rings. The number of carbonyl (C=O) groups excluding carboxylic acids is 2. The second kappa shape index (κ2) is 9.22. The molecule has 0 radical (unpaired) electrons. The van der Waals surface area contributed by atoms with Gasteiger partial charge in [0.2, 0.25) is 5.91 Å². The molecule has 6 nitrogen and oxygen atoms in total. The summed E-state index contributed by atoms with van der Waals surface area (Å²) in [7, 11) is 0. The molecule has 0 unspecified atom stereocenters. The third-order valence-corrected chi connectivity index (χ3v) is 6.21. The van der Waals surface area contributed by atoms with Crippen LogP contribution in [0.1, 0.15) is 36.0 Å². The van der Waals surface area contributed by atoms with E-state index in [0.717, 1.165) is 38.4 Å². The molecule has 1 aromatic carbocycles. The highest BCUT2D eigenvalue weighted by Gasteiger charge is 2.31. The van der Waals surface area contributed by atoms with E-state index in [1.54, 1.807) is 0 Å². The van der Waals surface area contributed by atoms with Crippen molar-refractivity contribution in [3.8, 4) is 0 Å². The number of piperidine rings is 1. The van der Waals surface area contributed by atoms with Gasteiger partial charge in [-0.1, -0.05) is 0 Å². The van der Waals surface area contributed by atoms with Crippen LogP contribution in [0.15, 0.2) is 24.3 Å². The standard InChI is InChI=1S/C22H30FN3O3/c23-19-5-3-18(4-6-19)22(28)24-11-20-14-26(21(27)15-29-20)13-17-7-9-25(10-8-17)12-16-1-2-16/h3-6,16-17,20H,1-2,7-15H2,(H,24,28)/t20-/m1/s1. The molecule has 4 rings (SSSR count). The average molecular weight is 403 g/mol. The summed E-state index contributed by atoms with van der Waals surface area (Å²) in [4.78, 5) is 29.0. The van der Waals surface area contributed by atoms with Crippen LogP contribution in [0.25, 0.3) is 0 Å². The number of rotatable bonds is 7. The number of nitrogens with one attached hydrogen (secondary N) is 1. The number of benzene rings is 1. The molecule has 0 aromatic heterocycles. The van der Waals surface area contributed by atoms with Gasteiger partial charge in [-0.15, -0.1) is 0 Å². The van der Waals surface area contributed by atoms with Crippen LogP contribution in [0.5, 0.6) is 0 Å². The van der Waals surface area contributed by atoms with Crippen molar-refractivity contribution < 1.29 is 18.7 Å². The molecule has 158 valence electrons. The van der Waals surface area contributed by atoms with E-state index in [1.807, 2.05) is 4.90 Å². The summed E-state index contributed by atoms with van der Waals surface area (Å²) in [6, 6.07) is 5.44. The van der Waals surface area contributed by atoms with Crippen LogP contribution < -0.4 is 5.32 Å². The van der Waals surface area contributed by atoms with Crippen LogP contribution in [0.2, 0.25) is 0 Å². The predicted molar refractivity (Wildman–Crippen MR) is 107 cm³/mol. The number of hydrogen-bond acceptors (Lipinski definition) is 4. The minimum atomic E-state index is -0.371. The summed E-state index contributed by atoms with van der Waals surface area (Å²) in [5.74, 6) is 0.872. The van der Waals surface area contributed by atoms with Gasteiger partial charge in [0, 0.05) is 31.7 Å². The topological polar surface area (TPSA) is 61.9 Å². The fourth-order valence-electron chi connectivity index (χ4n) is 4.22. The van der Waals surface area contributed by atoms with Gasteiger partial charge in [0.25, 0.3) is 5.91 Å². The number of nitrogens with zero attached hydrogens (tertiary/aromatic N) is 2. The Labute approximate surface area is 171 Å². The lowest BCUT2D eigenvalue weighted by Gasteiger charge is -2.38.